The zero-order valence-corrected chi connectivity index (χ0v) is 12.7. The Hall–Kier alpha value is -0.840. The lowest BCUT2D eigenvalue weighted by atomic mass is 10.2. The molecule has 4 nitrogen and oxygen atoms in total. The molecule has 6 heteroatoms. The smallest absolute Gasteiger partial charge is 0.257 e. The summed E-state index contributed by atoms with van der Waals surface area (Å²) >= 11 is 11.7. The van der Waals surface area contributed by atoms with E-state index in [9.17, 15) is 4.79 Å². The van der Waals surface area contributed by atoms with Gasteiger partial charge in [0.05, 0.1) is 5.56 Å². The molecule has 1 saturated heterocycles. The fourth-order valence-electron chi connectivity index (χ4n) is 2.54. The van der Waals surface area contributed by atoms with Gasteiger partial charge < -0.3 is 4.90 Å². The zero-order chi connectivity index (χ0) is 14.1. The Balaban J connectivity index is 1.60. The molecule has 2 aliphatic rings. The fraction of sp³-hybridized carbons (Fsp3) is 0.571. The first kappa shape index (κ1) is 14.1. The van der Waals surface area contributed by atoms with Crippen LogP contribution in [0.2, 0.25) is 10.3 Å². The van der Waals surface area contributed by atoms with E-state index in [-0.39, 0.29) is 11.1 Å². The number of amides is 1. The highest BCUT2D eigenvalue weighted by Crippen LogP contribution is 2.30. The topological polar surface area (TPSA) is 36.4 Å². The summed E-state index contributed by atoms with van der Waals surface area (Å²) in [4.78, 5) is 20.6. The molecule has 1 aromatic heterocycles. The van der Waals surface area contributed by atoms with Crippen LogP contribution in [0.5, 0.6) is 0 Å². The van der Waals surface area contributed by atoms with Crippen molar-refractivity contribution >= 4 is 29.1 Å². The molecule has 0 bridgehead atoms. The highest BCUT2D eigenvalue weighted by Gasteiger charge is 2.28. The second-order valence-electron chi connectivity index (χ2n) is 5.51. The number of hydrogen-bond acceptors (Lipinski definition) is 3. The van der Waals surface area contributed by atoms with Crippen molar-refractivity contribution in [3.8, 4) is 0 Å². The van der Waals surface area contributed by atoms with Crippen LogP contribution in [0.3, 0.4) is 0 Å². The third-order valence-electron chi connectivity index (χ3n) is 3.92. The largest absolute Gasteiger partial charge is 0.336 e. The minimum absolute atomic E-state index is 0.0507. The molecule has 0 unspecified atom stereocenters. The van der Waals surface area contributed by atoms with Gasteiger partial charge >= 0.3 is 0 Å². The van der Waals surface area contributed by atoms with Crippen LogP contribution in [-0.2, 0) is 0 Å². The molecular weight excluding hydrogens is 297 g/mol. The van der Waals surface area contributed by atoms with Gasteiger partial charge in [-0.3, -0.25) is 9.69 Å². The first-order valence-corrected chi connectivity index (χ1v) is 7.73. The van der Waals surface area contributed by atoms with Crippen molar-refractivity contribution in [1.29, 1.82) is 0 Å². The molecule has 108 valence electrons. The maximum Gasteiger partial charge on any atom is 0.257 e. The third kappa shape index (κ3) is 3.25. The maximum absolute atomic E-state index is 12.4. The van der Waals surface area contributed by atoms with Gasteiger partial charge in [0.15, 0.2) is 0 Å². The number of nitrogens with zero attached hydrogens (tertiary/aromatic N) is 3. The number of rotatable bonds is 3. The third-order valence-corrected chi connectivity index (χ3v) is 4.42. The summed E-state index contributed by atoms with van der Waals surface area (Å²) in [6.07, 6.45) is 2.73. The SMILES string of the molecule is O=C(c1ccc(Cl)nc1Cl)N1CCN(CC2CC2)CC1. The van der Waals surface area contributed by atoms with Crippen molar-refractivity contribution in [1.82, 2.24) is 14.8 Å². The van der Waals surface area contributed by atoms with Crippen LogP contribution < -0.4 is 0 Å². The second-order valence-corrected chi connectivity index (χ2v) is 6.25. The second kappa shape index (κ2) is 5.88. The normalized spacial score (nSPS) is 20.2. The van der Waals surface area contributed by atoms with E-state index >= 15 is 0 Å². The van der Waals surface area contributed by atoms with Crippen LogP contribution in [-0.4, -0.2) is 53.4 Å². The number of carbonyl (C=O) groups is 1. The molecular formula is C14H17Cl2N3O. The number of halogens is 2. The molecule has 0 spiro atoms. The van der Waals surface area contributed by atoms with E-state index in [1.807, 2.05) is 4.90 Å². The average Bonchev–Trinajstić information content (AvgIpc) is 3.23. The van der Waals surface area contributed by atoms with E-state index in [2.05, 4.69) is 9.88 Å². The van der Waals surface area contributed by atoms with Gasteiger partial charge in [0.2, 0.25) is 0 Å². The Kier molecular flexibility index (Phi) is 4.15. The Bertz CT molecular complexity index is 511. The molecule has 0 aromatic carbocycles. The lowest BCUT2D eigenvalue weighted by Crippen LogP contribution is -2.49. The highest BCUT2D eigenvalue weighted by atomic mass is 35.5. The summed E-state index contributed by atoms with van der Waals surface area (Å²) in [6.45, 7) is 4.59. The van der Waals surface area contributed by atoms with Crippen molar-refractivity contribution in [2.75, 3.05) is 32.7 Å². The Labute approximate surface area is 128 Å². The van der Waals surface area contributed by atoms with E-state index in [1.165, 1.54) is 19.4 Å². The van der Waals surface area contributed by atoms with E-state index in [1.54, 1.807) is 12.1 Å². The fourth-order valence-corrected chi connectivity index (χ4v) is 2.97. The van der Waals surface area contributed by atoms with Gasteiger partial charge in [-0.1, -0.05) is 23.2 Å². The van der Waals surface area contributed by atoms with E-state index in [4.69, 9.17) is 23.2 Å². The Morgan fingerprint density at radius 1 is 1.20 bits per heavy atom. The summed E-state index contributed by atoms with van der Waals surface area (Å²) in [7, 11) is 0. The molecule has 1 aromatic rings. The minimum atomic E-state index is -0.0507. The summed E-state index contributed by atoms with van der Waals surface area (Å²) < 4.78 is 0. The van der Waals surface area contributed by atoms with Crippen molar-refractivity contribution < 1.29 is 4.79 Å². The number of piperazine rings is 1. The van der Waals surface area contributed by atoms with Gasteiger partial charge in [-0.2, -0.15) is 0 Å². The average molecular weight is 314 g/mol. The van der Waals surface area contributed by atoms with Crippen molar-refractivity contribution in [2.45, 2.75) is 12.8 Å². The van der Waals surface area contributed by atoms with Crippen molar-refractivity contribution in [3.63, 3.8) is 0 Å². The quantitative estimate of drug-likeness (QED) is 0.805. The molecule has 0 N–H and O–H groups in total. The van der Waals surface area contributed by atoms with Crippen LogP contribution >= 0.6 is 23.2 Å². The van der Waals surface area contributed by atoms with Gasteiger partial charge in [0, 0.05) is 32.7 Å². The summed E-state index contributed by atoms with van der Waals surface area (Å²) in [5.74, 6) is 0.845. The molecule has 2 heterocycles. The predicted octanol–water partition coefficient (Wildman–Crippen LogP) is 2.56. The zero-order valence-electron chi connectivity index (χ0n) is 11.2. The molecule has 2 fully saturated rings. The first-order chi connectivity index (χ1) is 9.63. The van der Waals surface area contributed by atoms with Crippen LogP contribution in [0.15, 0.2) is 12.1 Å². The molecule has 0 radical (unpaired) electrons. The van der Waals surface area contributed by atoms with Crippen LogP contribution in [0.25, 0.3) is 0 Å². The van der Waals surface area contributed by atoms with Crippen molar-refractivity contribution in [2.24, 2.45) is 5.92 Å². The number of pyridine rings is 1. The molecule has 0 atom stereocenters. The molecule has 1 amide bonds. The molecule has 20 heavy (non-hydrogen) atoms. The van der Waals surface area contributed by atoms with E-state index < -0.39 is 0 Å². The maximum atomic E-state index is 12.4. The molecule has 1 saturated carbocycles. The lowest BCUT2D eigenvalue weighted by molar-refractivity contribution is 0.0632. The minimum Gasteiger partial charge on any atom is -0.336 e. The molecule has 1 aliphatic heterocycles. The van der Waals surface area contributed by atoms with Gasteiger partial charge in [0.25, 0.3) is 5.91 Å². The summed E-state index contributed by atoms with van der Waals surface area (Å²) in [6, 6.07) is 3.25. The first-order valence-electron chi connectivity index (χ1n) is 6.97. The molecule has 3 rings (SSSR count). The van der Waals surface area contributed by atoms with E-state index in [0.717, 1.165) is 32.1 Å². The van der Waals surface area contributed by atoms with Crippen LogP contribution in [0.4, 0.5) is 0 Å². The lowest BCUT2D eigenvalue weighted by Gasteiger charge is -2.34. The highest BCUT2D eigenvalue weighted by molar-refractivity contribution is 6.34. The van der Waals surface area contributed by atoms with Crippen LogP contribution in [0.1, 0.15) is 23.2 Å². The van der Waals surface area contributed by atoms with Gasteiger partial charge in [-0.25, -0.2) is 4.98 Å². The number of hydrogen-bond donors (Lipinski definition) is 0. The summed E-state index contributed by atoms with van der Waals surface area (Å²) in [5.41, 5.74) is 0.437. The van der Waals surface area contributed by atoms with Gasteiger partial charge in [0.1, 0.15) is 10.3 Å². The Morgan fingerprint density at radius 3 is 2.50 bits per heavy atom. The van der Waals surface area contributed by atoms with Gasteiger partial charge in [-0.05, 0) is 30.9 Å². The standard InChI is InChI=1S/C14H17Cl2N3O/c15-12-4-3-11(13(16)17-12)14(20)19-7-5-18(6-8-19)9-10-1-2-10/h3-4,10H,1-2,5-9H2. The summed E-state index contributed by atoms with van der Waals surface area (Å²) in [5, 5.41) is 0.490. The monoisotopic (exact) mass is 313 g/mol. The number of carbonyl (C=O) groups excluding carboxylic acids is 1. The Morgan fingerprint density at radius 2 is 1.90 bits per heavy atom. The predicted molar refractivity (Wildman–Crippen MR) is 79.3 cm³/mol. The number of aromatic nitrogens is 1. The van der Waals surface area contributed by atoms with E-state index in [0.29, 0.717) is 10.7 Å². The van der Waals surface area contributed by atoms with Crippen molar-refractivity contribution in [3.05, 3.63) is 28.0 Å². The van der Waals surface area contributed by atoms with Gasteiger partial charge in [-0.15, -0.1) is 0 Å². The molecule has 1 aliphatic carbocycles. The van der Waals surface area contributed by atoms with Crippen LogP contribution in [0, 0.1) is 5.92 Å².